The lowest BCUT2D eigenvalue weighted by Crippen LogP contribution is -2.27. The van der Waals surface area contributed by atoms with E-state index >= 15 is 0 Å². The molecule has 0 unspecified atom stereocenters. The van der Waals surface area contributed by atoms with Gasteiger partial charge in [0.1, 0.15) is 5.75 Å². The Balaban J connectivity index is 1.92. The predicted molar refractivity (Wildman–Crippen MR) is 71.9 cm³/mol. The smallest absolute Gasteiger partial charge is 0.223 e. The van der Waals surface area contributed by atoms with Gasteiger partial charge in [-0.25, -0.2) is 0 Å². The highest BCUT2D eigenvalue weighted by Gasteiger charge is 2.28. The Morgan fingerprint density at radius 2 is 2.06 bits per heavy atom. The minimum Gasteiger partial charge on any atom is -0.496 e. The summed E-state index contributed by atoms with van der Waals surface area (Å²) in [6.07, 6.45) is 3.01. The van der Waals surface area contributed by atoms with E-state index in [2.05, 4.69) is 24.4 Å². The number of nitrogens with one attached hydrogen (secondary N) is 1. The van der Waals surface area contributed by atoms with Gasteiger partial charge in [0.15, 0.2) is 0 Å². The van der Waals surface area contributed by atoms with Crippen LogP contribution in [0.3, 0.4) is 0 Å². The number of ether oxygens (including phenoxy) is 1. The third-order valence-electron chi connectivity index (χ3n) is 3.50. The number of hydrogen-bond acceptors (Lipinski definition) is 2. The van der Waals surface area contributed by atoms with Crippen molar-refractivity contribution in [1.29, 1.82) is 0 Å². The summed E-state index contributed by atoms with van der Waals surface area (Å²) in [4.78, 5) is 11.5. The zero-order chi connectivity index (χ0) is 13.1. The number of carbonyl (C=O) groups excluding carboxylic acids is 1. The molecule has 3 heteroatoms. The molecule has 0 aliphatic heterocycles. The highest BCUT2D eigenvalue weighted by Crippen LogP contribution is 2.28. The molecule has 1 N–H and O–H groups in total. The van der Waals surface area contributed by atoms with Crippen molar-refractivity contribution in [3.8, 4) is 5.75 Å². The van der Waals surface area contributed by atoms with Gasteiger partial charge in [0.25, 0.3) is 0 Å². The van der Waals surface area contributed by atoms with Crippen LogP contribution >= 0.6 is 0 Å². The van der Waals surface area contributed by atoms with Crippen LogP contribution in [0.2, 0.25) is 0 Å². The summed E-state index contributed by atoms with van der Waals surface area (Å²) in [7, 11) is 1.69. The Morgan fingerprint density at radius 3 is 2.67 bits per heavy atom. The lowest BCUT2D eigenvalue weighted by Gasteiger charge is -2.11. The van der Waals surface area contributed by atoms with Gasteiger partial charge in [0.2, 0.25) is 5.91 Å². The Bertz CT molecular complexity index is 450. The van der Waals surface area contributed by atoms with Crippen LogP contribution in [0.1, 0.15) is 29.5 Å². The molecule has 2 rings (SSSR count). The van der Waals surface area contributed by atoms with Gasteiger partial charge in [-0.05, 0) is 55.9 Å². The molecule has 1 saturated carbocycles. The van der Waals surface area contributed by atoms with Crippen LogP contribution in [0, 0.1) is 19.8 Å². The molecule has 0 radical (unpaired) electrons. The summed E-state index contributed by atoms with van der Waals surface area (Å²) in [6, 6.07) is 4.21. The van der Waals surface area contributed by atoms with Gasteiger partial charge >= 0.3 is 0 Å². The van der Waals surface area contributed by atoms with Gasteiger partial charge in [-0.3, -0.25) is 4.79 Å². The highest BCUT2D eigenvalue weighted by atomic mass is 16.5. The topological polar surface area (TPSA) is 38.3 Å². The molecule has 0 atom stereocenters. The summed E-state index contributed by atoms with van der Waals surface area (Å²) in [5.41, 5.74) is 3.65. The monoisotopic (exact) mass is 247 g/mol. The Hall–Kier alpha value is -1.51. The summed E-state index contributed by atoms with van der Waals surface area (Å²) < 4.78 is 5.29. The highest BCUT2D eigenvalue weighted by molar-refractivity contribution is 5.80. The fourth-order valence-corrected chi connectivity index (χ4v) is 2.15. The molecule has 0 aromatic heterocycles. The van der Waals surface area contributed by atoms with Crippen LogP contribution < -0.4 is 10.1 Å². The SMILES string of the molecule is COc1cc(C)c(CCNC(=O)C2CC2)cc1C. The van der Waals surface area contributed by atoms with Crippen LogP contribution in [-0.2, 0) is 11.2 Å². The third kappa shape index (κ3) is 3.03. The van der Waals surface area contributed by atoms with E-state index in [-0.39, 0.29) is 5.91 Å². The first-order chi connectivity index (χ1) is 8.61. The Morgan fingerprint density at radius 1 is 1.33 bits per heavy atom. The number of hydrogen-bond donors (Lipinski definition) is 1. The van der Waals surface area contributed by atoms with Gasteiger partial charge in [0.05, 0.1) is 7.11 Å². The minimum absolute atomic E-state index is 0.220. The average Bonchev–Trinajstić information content (AvgIpc) is 3.17. The van der Waals surface area contributed by atoms with Crippen molar-refractivity contribution >= 4 is 5.91 Å². The molecule has 1 aliphatic rings. The zero-order valence-electron chi connectivity index (χ0n) is 11.4. The first kappa shape index (κ1) is 12.9. The van der Waals surface area contributed by atoms with E-state index in [4.69, 9.17) is 4.74 Å². The maximum Gasteiger partial charge on any atom is 0.223 e. The number of methoxy groups -OCH3 is 1. The van der Waals surface area contributed by atoms with Crippen LogP contribution in [0.5, 0.6) is 5.75 Å². The number of rotatable bonds is 5. The van der Waals surface area contributed by atoms with Crippen LogP contribution in [0.25, 0.3) is 0 Å². The minimum atomic E-state index is 0.220. The van der Waals surface area contributed by atoms with Crippen LogP contribution in [0.4, 0.5) is 0 Å². The number of aryl methyl sites for hydroxylation is 2. The number of carbonyl (C=O) groups is 1. The summed E-state index contributed by atoms with van der Waals surface area (Å²) in [5, 5.41) is 3.00. The van der Waals surface area contributed by atoms with Crippen LogP contribution in [-0.4, -0.2) is 19.6 Å². The lowest BCUT2D eigenvalue weighted by atomic mass is 10.0. The second kappa shape index (κ2) is 5.42. The van der Waals surface area contributed by atoms with Crippen molar-refractivity contribution in [3.05, 3.63) is 28.8 Å². The van der Waals surface area contributed by atoms with E-state index < -0.39 is 0 Å². The summed E-state index contributed by atoms with van der Waals surface area (Å²) in [6.45, 7) is 4.85. The fraction of sp³-hybridized carbons (Fsp3) is 0.533. The third-order valence-corrected chi connectivity index (χ3v) is 3.50. The molecular formula is C15H21NO2. The van der Waals surface area contributed by atoms with Gasteiger partial charge < -0.3 is 10.1 Å². The van der Waals surface area contributed by atoms with Crippen molar-refractivity contribution < 1.29 is 9.53 Å². The predicted octanol–water partition coefficient (Wildman–Crippen LogP) is 2.38. The van der Waals surface area contributed by atoms with Gasteiger partial charge in [-0.2, -0.15) is 0 Å². The van der Waals surface area contributed by atoms with Crippen molar-refractivity contribution in [2.75, 3.05) is 13.7 Å². The first-order valence-corrected chi connectivity index (χ1v) is 6.53. The van der Waals surface area contributed by atoms with Crippen molar-refractivity contribution in [1.82, 2.24) is 5.32 Å². The van der Waals surface area contributed by atoms with Crippen molar-refractivity contribution in [2.24, 2.45) is 5.92 Å². The van der Waals surface area contributed by atoms with E-state index in [1.807, 2.05) is 6.92 Å². The summed E-state index contributed by atoms with van der Waals surface area (Å²) in [5.74, 6) is 1.44. The molecule has 0 spiro atoms. The number of benzene rings is 1. The Labute approximate surface area is 109 Å². The zero-order valence-corrected chi connectivity index (χ0v) is 11.4. The largest absolute Gasteiger partial charge is 0.496 e. The van der Waals surface area contributed by atoms with Gasteiger partial charge in [-0.15, -0.1) is 0 Å². The molecule has 0 saturated heterocycles. The van der Waals surface area contributed by atoms with Gasteiger partial charge in [0, 0.05) is 12.5 Å². The molecule has 1 aliphatic carbocycles. The maximum absolute atomic E-state index is 11.5. The standard InChI is InChI=1S/C15H21NO2/c1-10-9-14(18-3)11(2)8-13(10)6-7-16-15(17)12-4-5-12/h8-9,12H,4-7H2,1-3H3,(H,16,17). The molecule has 18 heavy (non-hydrogen) atoms. The molecule has 1 fully saturated rings. The van der Waals surface area contributed by atoms with Crippen molar-refractivity contribution in [2.45, 2.75) is 33.1 Å². The molecule has 98 valence electrons. The average molecular weight is 247 g/mol. The molecular weight excluding hydrogens is 226 g/mol. The Kier molecular flexibility index (Phi) is 3.90. The van der Waals surface area contributed by atoms with E-state index in [1.54, 1.807) is 7.11 Å². The van der Waals surface area contributed by atoms with Gasteiger partial charge in [-0.1, -0.05) is 6.07 Å². The molecule has 3 nitrogen and oxygen atoms in total. The quantitative estimate of drug-likeness (QED) is 0.867. The molecule has 0 heterocycles. The van der Waals surface area contributed by atoms with E-state index in [0.717, 1.165) is 37.1 Å². The normalized spacial score (nSPS) is 14.4. The summed E-state index contributed by atoms with van der Waals surface area (Å²) >= 11 is 0. The van der Waals surface area contributed by atoms with E-state index in [1.165, 1.54) is 11.1 Å². The first-order valence-electron chi connectivity index (χ1n) is 6.53. The van der Waals surface area contributed by atoms with Crippen molar-refractivity contribution in [3.63, 3.8) is 0 Å². The lowest BCUT2D eigenvalue weighted by molar-refractivity contribution is -0.122. The van der Waals surface area contributed by atoms with E-state index in [0.29, 0.717) is 5.92 Å². The second-order valence-corrected chi connectivity index (χ2v) is 5.06. The van der Waals surface area contributed by atoms with Crippen LogP contribution in [0.15, 0.2) is 12.1 Å². The van der Waals surface area contributed by atoms with E-state index in [9.17, 15) is 4.79 Å². The molecule has 1 aromatic carbocycles. The molecule has 0 bridgehead atoms. The maximum atomic E-state index is 11.5. The number of amides is 1. The molecule has 1 aromatic rings. The second-order valence-electron chi connectivity index (χ2n) is 5.06. The fourth-order valence-electron chi connectivity index (χ4n) is 2.15. The molecule has 1 amide bonds.